The Balaban J connectivity index is 4.33. The highest BCUT2D eigenvalue weighted by Crippen LogP contribution is 2.05. The van der Waals surface area contributed by atoms with Crippen LogP contribution in [0.3, 0.4) is 0 Å². The predicted octanol–water partition coefficient (Wildman–Crippen LogP) is 0.735. The number of ether oxygens (including phenoxy) is 1. The third kappa shape index (κ3) is 5.37. The van der Waals surface area contributed by atoms with Crippen LogP contribution in [-0.4, -0.2) is 48.2 Å². The number of carboxylic acid groups (broad SMARTS) is 1. The van der Waals surface area contributed by atoms with Crippen LogP contribution in [0.5, 0.6) is 0 Å². The average Bonchev–Trinajstić information content (AvgIpc) is 2.16. The van der Waals surface area contributed by atoms with Crippen molar-refractivity contribution in [2.24, 2.45) is 0 Å². The second-order valence-corrected chi connectivity index (χ2v) is 3.41. The summed E-state index contributed by atoms with van der Waals surface area (Å²) in [6, 6.07) is 0.0481. The summed E-state index contributed by atoms with van der Waals surface area (Å²) in [5.41, 5.74) is 0. The van der Waals surface area contributed by atoms with Gasteiger partial charge in [-0.1, -0.05) is 6.92 Å². The minimum atomic E-state index is -1.09. The Morgan fingerprint density at radius 1 is 1.47 bits per heavy atom. The molecule has 88 valence electrons. The summed E-state index contributed by atoms with van der Waals surface area (Å²) in [7, 11) is 1.55. The number of nitrogens with zero attached hydrogens (tertiary/aromatic N) is 1. The largest absolute Gasteiger partial charge is 0.481 e. The minimum absolute atomic E-state index is 0.0481. The fraction of sp³-hybridized carbons (Fsp3) is 0.800. The van der Waals surface area contributed by atoms with Gasteiger partial charge < -0.3 is 14.7 Å². The average molecular weight is 217 g/mol. The van der Waals surface area contributed by atoms with Crippen molar-refractivity contribution >= 4 is 11.9 Å². The second kappa shape index (κ2) is 7.23. The van der Waals surface area contributed by atoms with Crippen LogP contribution in [-0.2, 0) is 14.3 Å². The van der Waals surface area contributed by atoms with Gasteiger partial charge in [-0.25, -0.2) is 0 Å². The number of rotatable bonds is 7. The fourth-order valence-electron chi connectivity index (χ4n) is 1.23. The Labute approximate surface area is 90.0 Å². The molecule has 0 rings (SSSR count). The Kier molecular flexibility index (Phi) is 6.70. The third-order valence-electron chi connectivity index (χ3n) is 2.28. The van der Waals surface area contributed by atoms with Gasteiger partial charge in [-0.05, 0) is 13.3 Å². The zero-order valence-electron chi connectivity index (χ0n) is 9.52. The maximum Gasteiger partial charge on any atom is 0.312 e. The summed E-state index contributed by atoms with van der Waals surface area (Å²) in [4.78, 5) is 23.5. The molecule has 0 aromatic heterocycles. The quantitative estimate of drug-likeness (QED) is 0.638. The van der Waals surface area contributed by atoms with Gasteiger partial charge in [-0.3, -0.25) is 9.59 Å². The molecule has 1 amide bonds. The van der Waals surface area contributed by atoms with Gasteiger partial charge in [-0.2, -0.15) is 0 Å². The predicted molar refractivity (Wildman–Crippen MR) is 55.6 cm³/mol. The van der Waals surface area contributed by atoms with Gasteiger partial charge in [-0.15, -0.1) is 0 Å². The molecule has 0 aliphatic carbocycles. The molecule has 0 aliphatic rings. The first-order chi connectivity index (χ1) is 7.02. The van der Waals surface area contributed by atoms with E-state index in [0.717, 1.165) is 6.42 Å². The number of hydrogen-bond donors (Lipinski definition) is 1. The summed E-state index contributed by atoms with van der Waals surface area (Å²) in [6.07, 6.45) is 0.350. The molecule has 1 N–H and O–H groups in total. The van der Waals surface area contributed by atoms with Crippen molar-refractivity contribution in [3.63, 3.8) is 0 Å². The minimum Gasteiger partial charge on any atom is -0.481 e. The van der Waals surface area contributed by atoms with Crippen LogP contribution in [0.15, 0.2) is 0 Å². The Morgan fingerprint density at radius 3 is 2.47 bits per heavy atom. The molecule has 0 saturated heterocycles. The Morgan fingerprint density at radius 2 is 2.07 bits per heavy atom. The van der Waals surface area contributed by atoms with Gasteiger partial charge in [0.1, 0.15) is 6.42 Å². The zero-order valence-corrected chi connectivity index (χ0v) is 9.52. The number of amides is 1. The highest BCUT2D eigenvalue weighted by molar-refractivity contribution is 5.93. The van der Waals surface area contributed by atoms with E-state index in [1.54, 1.807) is 12.0 Å². The highest BCUT2D eigenvalue weighted by atomic mass is 16.5. The number of aliphatic carboxylic acids is 1. The van der Waals surface area contributed by atoms with Gasteiger partial charge in [0.15, 0.2) is 0 Å². The van der Waals surface area contributed by atoms with Gasteiger partial charge in [0.2, 0.25) is 5.91 Å². The maximum atomic E-state index is 11.5. The van der Waals surface area contributed by atoms with E-state index in [0.29, 0.717) is 13.2 Å². The molecule has 0 bridgehead atoms. The zero-order chi connectivity index (χ0) is 11.8. The van der Waals surface area contributed by atoms with Crippen LogP contribution in [0.2, 0.25) is 0 Å². The second-order valence-electron chi connectivity index (χ2n) is 3.41. The lowest BCUT2D eigenvalue weighted by Gasteiger charge is -2.27. The van der Waals surface area contributed by atoms with E-state index < -0.39 is 12.4 Å². The third-order valence-corrected chi connectivity index (χ3v) is 2.28. The van der Waals surface area contributed by atoms with Crippen LogP contribution < -0.4 is 0 Å². The standard InChI is InChI=1S/C10H19NO4/c1-4-8(2)11(5-6-15-3)9(12)7-10(13)14/h8H,4-7H2,1-3H3,(H,13,14). The van der Waals surface area contributed by atoms with Gasteiger partial charge >= 0.3 is 5.97 Å². The molecule has 0 heterocycles. The molecule has 5 nitrogen and oxygen atoms in total. The van der Waals surface area contributed by atoms with Crippen molar-refractivity contribution in [3.8, 4) is 0 Å². The van der Waals surface area contributed by atoms with Crippen molar-refractivity contribution in [3.05, 3.63) is 0 Å². The van der Waals surface area contributed by atoms with Crippen molar-refractivity contribution in [1.82, 2.24) is 4.90 Å². The summed E-state index contributed by atoms with van der Waals surface area (Å²) >= 11 is 0. The van der Waals surface area contributed by atoms with E-state index in [1.807, 2.05) is 13.8 Å². The molecule has 0 aromatic carbocycles. The summed E-state index contributed by atoms with van der Waals surface area (Å²) in [5.74, 6) is -1.44. The topological polar surface area (TPSA) is 66.8 Å². The van der Waals surface area contributed by atoms with Crippen molar-refractivity contribution in [1.29, 1.82) is 0 Å². The van der Waals surface area contributed by atoms with E-state index in [4.69, 9.17) is 9.84 Å². The molecule has 1 unspecified atom stereocenters. The molecule has 0 aliphatic heterocycles. The van der Waals surface area contributed by atoms with Gasteiger partial charge in [0.25, 0.3) is 0 Å². The number of methoxy groups -OCH3 is 1. The van der Waals surface area contributed by atoms with Crippen LogP contribution in [0.4, 0.5) is 0 Å². The van der Waals surface area contributed by atoms with Gasteiger partial charge in [0.05, 0.1) is 6.61 Å². The van der Waals surface area contributed by atoms with Crippen LogP contribution >= 0.6 is 0 Å². The van der Waals surface area contributed by atoms with E-state index in [9.17, 15) is 9.59 Å². The lowest BCUT2D eigenvalue weighted by molar-refractivity contribution is -0.145. The molecule has 1 atom stereocenters. The molecular formula is C10H19NO4. The number of hydrogen-bond acceptors (Lipinski definition) is 3. The molecule has 15 heavy (non-hydrogen) atoms. The first-order valence-corrected chi connectivity index (χ1v) is 5.03. The molecule has 0 fully saturated rings. The summed E-state index contributed by atoms with van der Waals surface area (Å²) < 4.78 is 4.88. The van der Waals surface area contributed by atoms with Gasteiger partial charge in [0, 0.05) is 19.7 Å². The molecule has 0 radical (unpaired) electrons. The molecule has 0 aromatic rings. The summed E-state index contributed by atoms with van der Waals surface area (Å²) in [6.45, 7) is 4.72. The maximum absolute atomic E-state index is 11.5. The number of carboxylic acids is 1. The van der Waals surface area contributed by atoms with Crippen LogP contribution in [0.1, 0.15) is 26.7 Å². The molecule has 0 saturated carbocycles. The molecule has 5 heteroatoms. The fourth-order valence-corrected chi connectivity index (χ4v) is 1.23. The lowest BCUT2D eigenvalue weighted by atomic mass is 10.2. The summed E-state index contributed by atoms with van der Waals surface area (Å²) in [5, 5.41) is 8.53. The Hall–Kier alpha value is -1.10. The Bertz CT molecular complexity index is 217. The normalized spacial score (nSPS) is 12.2. The first-order valence-electron chi connectivity index (χ1n) is 5.03. The van der Waals surface area contributed by atoms with Crippen molar-refractivity contribution in [2.45, 2.75) is 32.7 Å². The van der Waals surface area contributed by atoms with E-state index in [2.05, 4.69) is 0 Å². The smallest absolute Gasteiger partial charge is 0.312 e. The van der Waals surface area contributed by atoms with Crippen molar-refractivity contribution < 1.29 is 19.4 Å². The van der Waals surface area contributed by atoms with Crippen molar-refractivity contribution in [2.75, 3.05) is 20.3 Å². The van der Waals surface area contributed by atoms with E-state index >= 15 is 0 Å². The monoisotopic (exact) mass is 217 g/mol. The highest BCUT2D eigenvalue weighted by Gasteiger charge is 2.20. The number of carbonyl (C=O) groups is 2. The lowest BCUT2D eigenvalue weighted by Crippen LogP contribution is -2.41. The SMILES string of the molecule is CCC(C)N(CCOC)C(=O)CC(=O)O. The van der Waals surface area contributed by atoms with Crippen LogP contribution in [0.25, 0.3) is 0 Å². The molecule has 0 spiro atoms. The number of carbonyl (C=O) groups excluding carboxylic acids is 1. The molecular weight excluding hydrogens is 198 g/mol. The van der Waals surface area contributed by atoms with E-state index in [1.165, 1.54) is 0 Å². The first kappa shape index (κ1) is 13.9. The van der Waals surface area contributed by atoms with E-state index in [-0.39, 0.29) is 11.9 Å². The van der Waals surface area contributed by atoms with Crippen LogP contribution in [0, 0.1) is 0 Å².